The summed E-state index contributed by atoms with van der Waals surface area (Å²) in [5, 5.41) is 13.1. The molecule has 29 heavy (non-hydrogen) atoms. The molecular weight excluding hydrogens is 376 g/mol. The van der Waals surface area contributed by atoms with Gasteiger partial charge in [0.05, 0.1) is 18.8 Å². The summed E-state index contributed by atoms with van der Waals surface area (Å²) in [7, 11) is 0. The highest BCUT2D eigenvalue weighted by molar-refractivity contribution is 6.14. The van der Waals surface area contributed by atoms with Crippen LogP contribution in [0.1, 0.15) is 13.8 Å². The number of aromatic hydroxyl groups is 1. The van der Waals surface area contributed by atoms with E-state index in [2.05, 4.69) is 10.3 Å². The van der Waals surface area contributed by atoms with Crippen LogP contribution in [0.2, 0.25) is 0 Å². The SMILES string of the molecule is CCOC(=O)C(=CNc1ccc(O)c(-c2nc3ccccc3o2)c1)C(=O)OCC. The van der Waals surface area contributed by atoms with Gasteiger partial charge in [0.15, 0.2) is 11.2 Å². The second-order valence-electron chi connectivity index (χ2n) is 5.86. The second kappa shape index (κ2) is 8.92. The van der Waals surface area contributed by atoms with Crippen LogP contribution in [0.25, 0.3) is 22.6 Å². The van der Waals surface area contributed by atoms with E-state index in [-0.39, 0.29) is 30.4 Å². The molecule has 0 bridgehead atoms. The molecule has 0 spiro atoms. The molecule has 0 aliphatic carbocycles. The van der Waals surface area contributed by atoms with Crippen molar-refractivity contribution in [2.45, 2.75) is 13.8 Å². The molecule has 8 heteroatoms. The molecular formula is C21H20N2O6. The molecule has 1 aromatic heterocycles. The number of phenolic OH excluding ortho intramolecular Hbond substituents is 1. The number of hydrogen-bond donors (Lipinski definition) is 2. The Balaban J connectivity index is 1.90. The summed E-state index contributed by atoms with van der Waals surface area (Å²) in [6.07, 6.45) is 1.21. The van der Waals surface area contributed by atoms with E-state index in [1.165, 1.54) is 12.3 Å². The van der Waals surface area contributed by atoms with Crippen molar-refractivity contribution in [3.63, 3.8) is 0 Å². The first-order valence-electron chi connectivity index (χ1n) is 9.03. The van der Waals surface area contributed by atoms with E-state index in [9.17, 15) is 14.7 Å². The first-order valence-corrected chi connectivity index (χ1v) is 9.03. The van der Waals surface area contributed by atoms with Gasteiger partial charge in [-0.15, -0.1) is 0 Å². The van der Waals surface area contributed by atoms with Gasteiger partial charge in [-0.1, -0.05) is 12.1 Å². The predicted octanol–water partition coefficient (Wildman–Crippen LogP) is 3.62. The fourth-order valence-corrected chi connectivity index (χ4v) is 2.56. The van der Waals surface area contributed by atoms with Gasteiger partial charge in [-0.25, -0.2) is 14.6 Å². The van der Waals surface area contributed by atoms with Gasteiger partial charge in [-0.3, -0.25) is 0 Å². The molecule has 3 rings (SSSR count). The highest BCUT2D eigenvalue weighted by Crippen LogP contribution is 2.33. The Morgan fingerprint density at radius 3 is 2.45 bits per heavy atom. The van der Waals surface area contributed by atoms with Crippen molar-refractivity contribution in [1.29, 1.82) is 0 Å². The van der Waals surface area contributed by atoms with Crippen LogP contribution in [0, 0.1) is 0 Å². The average Bonchev–Trinajstić information content (AvgIpc) is 3.13. The molecule has 0 radical (unpaired) electrons. The van der Waals surface area contributed by atoms with E-state index >= 15 is 0 Å². The highest BCUT2D eigenvalue weighted by atomic mass is 16.6. The minimum absolute atomic E-state index is 0.0258. The van der Waals surface area contributed by atoms with Crippen molar-refractivity contribution in [3.8, 4) is 17.2 Å². The number of para-hydroxylation sites is 2. The molecule has 0 aliphatic rings. The van der Waals surface area contributed by atoms with Gasteiger partial charge in [0.2, 0.25) is 5.89 Å². The molecule has 1 heterocycles. The highest BCUT2D eigenvalue weighted by Gasteiger charge is 2.21. The van der Waals surface area contributed by atoms with Crippen LogP contribution >= 0.6 is 0 Å². The van der Waals surface area contributed by atoms with Crippen molar-refractivity contribution < 1.29 is 28.6 Å². The quantitative estimate of drug-likeness (QED) is 0.205. The number of hydrogen-bond acceptors (Lipinski definition) is 8. The van der Waals surface area contributed by atoms with Crippen molar-refractivity contribution >= 4 is 28.7 Å². The number of nitrogens with zero attached hydrogens (tertiary/aromatic N) is 1. The molecule has 0 atom stereocenters. The normalized spacial score (nSPS) is 10.4. The van der Waals surface area contributed by atoms with Crippen LogP contribution in [0.3, 0.4) is 0 Å². The average molecular weight is 396 g/mol. The molecule has 2 N–H and O–H groups in total. The molecule has 0 unspecified atom stereocenters. The summed E-state index contributed by atoms with van der Waals surface area (Å²) in [6, 6.07) is 11.9. The number of rotatable bonds is 7. The Morgan fingerprint density at radius 1 is 1.10 bits per heavy atom. The molecule has 150 valence electrons. The van der Waals surface area contributed by atoms with Gasteiger partial charge in [-0.2, -0.15) is 0 Å². The van der Waals surface area contributed by atoms with E-state index in [1.54, 1.807) is 38.1 Å². The van der Waals surface area contributed by atoms with Crippen LogP contribution in [-0.4, -0.2) is 35.2 Å². The third-order valence-electron chi connectivity index (χ3n) is 3.89. The number of phenols is 1. The van der Waals surface area contributed by atoms with Crippen LogP contribution in [0.15, 0.2) is 58.7 Å². The third kappa shape index (κ3) is 4.55. The van der Waals surface area contributed by atoms with Crippen LogP contribution in [0.5, 0.6) is 5.75 Å². The fourth-order valence-electron chi connectivity index (χ4n) is 2.56. The number of nitrogens with one attached hydrogen (secondary N) is 1. The number of esters is 2. The van der Waals surface area contributed by atoms with E-state index in [4.69, 9.17) is 13.9 Å². The molecule has 0 saturated carbocycles. The standard InChI is InChI=1S/C21H20N2O6/c1-3-27-20(25)15(21(26)28-4-2)12-22-13-9-10-17(24)14(11-13)19-23-16-7-5-6-8-18(16)29-19/h5-12,22,24H,3-4H2,1-2H3. The van der Waals surface area contributed by atoms with Gasteiger partial charge in [-0.05, 0) is 44.2 Å². The van der Waals surface area contributed by atoms with E-state index in [0.717, 1.165) is 0 Å². The van der Waals surface area contributed by atoms with Crippen LogP contribution in [0.4, 0.5) is 5.69 Å². The molecule has 2 aromatic carbocycles. The maximum Gasteiger partial charge on any atom is 0.347 e. The number of benzene rings is 2. The summed E-state index contributed by atoms with van der Waals surface area (Å²) in [5.74, 6) is -1.37. The summed E-state index contributed by atoms with van der Waals surface area (Å²) in [4.78, 5) is 28.4. The minimum Gasteiger partial charge on any atom is -0.507 e. The number of oxazole rings is 1. The Bertz CT molecular complexity index is 1020. The van der Waals surface area contributed by atoms with Crippen molar-refractivity contribution in [2.75, 3.05) is 18.5 Å². The first-order chi connectivity index (χ1) is 14.0. The lowest BCUT2D eigenvalue weighted by atomic mass is 10.1. The maximum atomic E-state index is 12.0. The van der Waals surface area contributed by atoms with Gasteiger partial charge >= 0.3 is 11.9 Å². The van der Waals surface area contributed by atoms with Gasteiger partial charge in [0, 0.05) is 11.9 Å². The van der Waals surface area contributed by atoms with Crippen molar-refractivity contribution in [2.24, 2.45) is 0 Å². The molecule has 8 nitrogen and oxygen atoms in total. The number of fused-ring (bicyclic) bond motifs is 1. The number of aromatic nitrogens is 1. The van der Waals surface area contributed by atoms with E-state index in [0.29, 0.717) is 22.4 Å². The van der Waals surface area contributed by atoms with Gasteiger partial charge in [0.25, 0.3) is 0 Å². The lowest BCUT2D eigenvalue weighted by Gasteiger charge is -2.09. The molecule has 0 aliphatic heterocycles. The number of carbonyl (C=O) groups is 2. The smallest absolute Gasteiger partial charge is 0.347 e. The maximum absolute atomic E-state index is 12.0. The largest absolute Gasteiger partial charge is 0.507 e. The summed E-state index contributed by atoms with van der Waals surface area (Å²) < 4.78 is 15.5. The molecule has 0 fully saturated rings. The summed E-state index contributed by atoms with van der Waals surface area (Å²) in [6.45, 7) is 3.52. The zero-order chi connectivity index (χ0) is 20.8. The van der Waals surface area contributed by atoms with Crippen molar-refractivity contribution in [3.05, 3.63) is 54.2 Å². The number of ether oxygens (including phenoxy) is 2. The Hall–Kier alpha value is -3.81. The van der Waals surface area contributed by atoms with Crippen molar-refractivity contribution in [1.82, 2.24) is 4.98 Å². The third-order valence-corrected chi connectivity index (χ3v) is 3.89. The molecule has 0 saturated heterocycles. The van der Waals surface area contributed by atoms with Crippen LogP contribution < -0.4 is 5.32 Å². The Labute approximate surface area is 166 Å². The fraction of sp³-hybridized carbons (Fsp3) is 0.190. The summed E-state index contributed by atoms with van der Waals surface area (Å²) in [5.41, 5.74) is 1.82. The predicted molar refractivity (Wildman–Crippen MR) is 106 cm³/mol. The lowest BCUT2D eigenvalue weighted by Crippen LogP contribution is -2.19. The molecule has 0 amide bonds. The van der Waals surface area contributed by atoms with Gasteiger partial charge < -0.3 is 24.3 Å². The van der Waals surface area contributed by atoms with E-state index in [1.807, 2.05) is 12.1 Å². The Kier molecular flexibility index (Phi) is 6.13. The topological polar surface area (TPSA) is 111 Å². The zero-order valence-corrected chi connectivity index (χ0v) is 16.0. The van der Waals surface area contributed by atoms with Crippen LogP contribution in [-0.2, 0) is 19.1 Å². The number of anilines is 1. The van der Waals surface area contributed by atoms with E-state index < -0.39 is 11.9 Å². The summed E-state index contributed by atoms with van der Waals surface area (Å²) >= 11 is 0. The lowest BCUT2D eigenvalue weighted by molar-refractivity contribution is -0.146. The first kappa shape index (κ1) is 19.9. The zero-order valence-electron chi connectivity index (χ0n) is 16.0. The van der Waals surface area contributed by atoms with Gasteiger partial charge in [0.1, 0.15) is 11.3 Å². The monoisotopic (exact) mass is 396 g/mol. The number of carbonyl (C=O) groups excluding carboxylic acids is 2. The molecule has 3 aromatic rings. The minimum atomic E-state index is -0.795. The Morgan fingerprint density at radius 2 is 1.79 bits per heavy atom. The second-order valence-corrected chi connectivity index (χ2v) is 5.86.